The Hall–Kier alpha value is -2.39. The van der Waals surface area contributed by atoms with Crippen molar-refractivity contribution in [2.45, 2.75) is 25.9 Å². The van der Waals surface area contributed by atoms with Gasteiger partial charge in [-0.1, -0.05) is 74.0 Å². The molecule has 3 rings (SSSR count). The molecule has 2 aromatic rings. The van der Waals surface area contributed by atoms with E-state index in [0.29, 0.717) is 0 Å². The van der Waals surface area contributed by atoms with Gasteiger partial charge in [0.2, 0.25) is 0 Å². The molecular weight excluding hydrogens is 284 g/mol. The summed E-state index contributed by atoms with van der Waals surface area (Å²) in [5.41, 5.74) is 4.34. The number of hydrogen-bond donors (Lipinski definition) is 0. The highest BCUT2D eigenvalue weighted by Crippen LogP contribution is 2.29. The van der Waals surface area contributed by atoms with Gasteiger partial charge in [-0.2, -0.15) is 0 Å². The minimum absolute atomic E-state index is 0.000382. The molecule has 0 bridgehead atoms. The van der Waals surface area contributed by atoms with Crippen LogP contribution in [-0.2, 0) is 4.84 Å². The van der Waals surface area contributed by atoms with Crippen molar-refractivity contribution < 1.29 is 4.84 Å². The maximum absolute atomic E-state index is 5.67. The first-order valence-electron chi connectivity index (χ1n) is 8.07. The molecule has 118 valence electrons. The molecule has 1 atom stereocenters. The summed E-state index contributed by atoms with van der Waals surface area (Å²) in [6.45, 7) is 2.17. The predicted molar refractivity (Wildman–Crippen MR) is 94.9 cm³/mol. The van der Waals surface area contributed by atoms with Crippen LogP contribution in [0.3, 0.4) is 0 Å². The quantitative estimate of drug-likeness (QED) is 0.811. The lowest BCUT2D eigenvalue weighted by molar-refractivity contribution is -0.108. The average molecular weight is 306 g/mol. The van der Waals surface area contributed by atoms with E-state index in [1.54, 1.807) is 7.11 Å². The van der Waals surface area contributed by atoms with Crippen LogP contribution >= 0.6 is 0 Å². The molecule has 1 unspecified atom stereocenters. The van der Waals surface area contributed by atoms with Gasteiger partial charge in [0.15, 0.2) is 0 Å². The molecule has 23 heavy (non-hydrogen) atoms. The van der Waals surface area contributed by atoms with Crippen LogP contribution < -0.4 is 0 Å². The van der Waals surface area contributed by atoms with Gasteiger partial charge in [-0.25, -0.2) is 5.06 Å². The molecule has 0 spiro atoms. The van der Waals surface area contributed by atoms with E-state index in [1.165, 1.54) is 0 Å². The van der Waals surface area contributed by atoms with E-state index in [1.807, 2.05) is 41.5 Å². The summed E-state index contributed by atoms with van der Waals surface area (Å²) in [5.74, 6) is 0. The lowest BCUT2D eigenvalue weighted by atomic mass is 10.0. The lowest BCUT2D eigenvalue weighted by Gasteiger charge is -2.34. The van der Waals surface area contributed by atoms with Crippen molar-refractivity contribution >= 4 is 11.4 Å². The number of rotatable bonds is 5. The van der Waals surface area contributed by atoms with Crippen molar-refractivity contribution in [3.05, 3.63) is 77.9 Å². The second kappa shape index (κ2) is 7.25. The van der Waals surface area contributed by atoms with Gasteiger partial charge in [-0.3, -0.25) is 9.83 Å². The van der Waals surface area contributed by atoms with Crippen LogP contribution in [0.1, 0.15) is 30.9 Å². The Balaban J connectivity index is 2.07. The summed E-state index contributed by atoms with van der Waals surface area (Å²) in [4.78, 5) is 10.6. The lowest BCUT2D eigenvalue weighted by Crippen LogP contribution is -2.35. The van der Waals surface area contributed by atoms with E-state index in [-0.39, 0.29) is 6.17 Å². The summed E-state index contributed by atoms with van der Waals surface area (Å²) in [7, 11) is 1.71. The van der Waals surface area contributed by atoms with Gasteiger partial charge in [-0.15, -0.1) is 0 Å². The molecule has 1 aliphatic rings. The smallest absolute Gasteiger partial charge is 0.146 e. The largest absolute Gasteiger partial charge is 0.275 e. The van der Waals surface area contributed by atoms with E-state index < -0.39 is 0 Å². The van der Waals surface area contributed by atoms with Gasteiger partial charge in [0.05, 0.1) is 18.5 Å². The third kappa shape index (κ3) is 3.35. The van der Waals surface area contributed by atoms with Gasteiger partial charge in [-0.05, 0) is 18.1 Å². The summed E-state index contributed by atoms with van der Waals surface area (Å²) in [6.07, 6.45) is 4.12. The first kappa shape index (κ1) is 15.5. The molecule has 0 aliphatic carbocycles. The first-order valence-corrected chi connectivity index (χ1v) is 8.07. The Morgan fingerprint density at radius 2 is 1.57 bits per heavy atom. The zero-order valence-electron chi connectivity index (χ0n) is 13.6. The van der Waals surface area contributed by atoms with Crippen molar-refractivity contribution in [1.29, 1.82) is 0 Å². The van der Waals surface area contributed by atoms with E-state index in [4.69, 9.17) is 9.83 Å². The normalized spacial score (nSPS) is 17.7. The van der Waals surface area contributed by atoms with Crippen LogP contribution in [0.15, 0.2) is 71.7 Å². The van der Waals surface area contributed by atoms with Crippen molar-refractivity contribution in [3.8, 4) is 0 Å². The Labute approximate surface area is 137 Å². The average Bonchev–Trinajstić information content (AvgIpc) is 2.63. The highest BCUT2D eigenvalue weighted by atomic mass is 16.7. The second-order valence-electron chi connectivity index (χ2n) is 5.55. The Morgan fingerprint density at radius 3 is 2.13 bits per heavy atom. The monoisotopic (exact) mass is 306 g/mol. The van der Waals surface area contributed by atoms with E-state index in [9.17, 15) is 0 Å². The third-order valence-corrected chi connectivity index (χ3v) is 3.95. The summed E-state index contributed by atoms with van der Waals surface area (Å²) in [5, 5.41) is 1.92. The first-order chi connectivity index (χ1) is 11.3. The predicted octanol–water partition coefficient (Wildman–Crippen LogP) is 4.52. The number of allylic oxidation sites excluding steroid dienone is 1. The van der Waals surface area contributed by atoms with Gasteiger partial charge in [0, 0.05) is 5.56 Å². The van der Waals surface area contributed by atoms with Crippen molar-refractivity contribution in [1.82, 2.24) is 5.06 Å². The molecule has 0 aromatic heterocycles. The fourth-order valence-electron chi connectivity index (χ4n) is 2.85. The maximum atomic E-state index is 5.67. The van der Waals surface area contributed by atoms with Crippen LogP contribution in [0.5, 0.6) is 0 Å². The fourth-order valence-corrected chi connectivity index (χ4v) is 2.85. The van der Waals surface area contributed by atoms with Crippen LogP contribution in [0.4, 0.5) is 0 Å². The SMILES string of the molecule is CCCC1N=C(c2ccccc2)C=C(c2ccccc2)N1OC. The summed E-state index contributed by atoms with van der Waals surface area (Å²) in [6, 6.07) is 20.7. The zero-order chi connectivity index (χ0) is 16.1. The zero-order valence-corrected chi connectivity index (χ0v) is 13.6. The van der Waals surface area contributed by atoms with Crippen LogP contribution in [0, 0.1) is 0 Å². The number of aliphatic imine (C=N–C) groups is 1. The molecule has 1 aliphatic heterocycles. The minimum Gasteiger partial charge on any atom is -0.275 e. The summed E-state index contributed by atoms with van der Waals surface area (Å²) >= 11 is 0. The van der Waals surface area contributed by atoms with E-state index in [2.05, 4.69) is 37.3 Å². The molecule has 0 saturated heterocycles. The highest BCUT2D eigenvalue weighted by molar-refractivity contribution is 6.12. The van der Waals surface area contributed by atoms with Crippen molar-refractivity contribution in [2.75, 3.05) is 7.11 Å². The van der Waals surface area contributed by atoms with Gasteiger partial charge < -0.3 is 0 Å². The van der Waals surface area contributed by atoms with Crippen molar-refractivity contribution in [2.24, 2.45) is 4.99 Å². The van der Waals surface area contributed by atoms with E-state index >= 15 is 0 Å². The summed E-state index contributed by atoms with van der Waals surface area (Å²) < 4.78 is 0. The van der Waals surface area contributed by atoms with Gasteiger partial charge in [0.1, 0.15) is 6.17 Å². The van der Waals surface area contributed by atoms with Crippen LogP contribution in [0.25, 0.3) is 5.70 Å². The van der Waals surface area contributed by atoms with Gasteiger partial charge in [0.25, 0.3) is 0 Å². The number of benzene rings is 2. The maximum Gasteiger partial charge on any atom is 0.146 e. The third-order valence-electron chi connectivity index (χ3n) is 3.95. The number of hydroxylamine groups is 2. The molecule has 3 heteroatoms. The molecule has 3 nitrogen and oxygen atoms in total. The van der Waals surface area contributed by atoms with Crippen molar-refractivity contribution in [3.63, 3.8) is 0 Å². The standard InChI is InChI=1S/C20H22N2O/c1-3-10-20-21-18(16-11-6-4-7-12-16)15-19(22(20)23-2)17-13-8-5-9-14-17/h4-9,11-15,20H,3,10H2,1-2H3. The van der Waals surface area contributed by atoms with Crippen LogP contribution in [-0.4, -0.2) is 24.1 Å². The van der Waals surface area contributed by atoms with Gasteiger partial charge >= 0.3 is 0 Å². The molecular formula is C20H22N2O. The fraction of sp³-hybridized carbons (Fsp3) is 0.250. The molecule has 0 fully saturated rings. The Kier molecular flexibility index (Phi) is 4.89. The minimum atomic E-state index is 0.000382. The highest BCUT2D eigenvalue weighted by Gasteiger charge is 2.26. The topological polar surface area (TPSA) is 24.8 Å². The molecule has 0 amide bonds. The molecule has 0 radical (unpaired) electrons. The molecule has 0 N–H and O–H groups in total. The molecule has 1 heterocycles. The number of hydrogen-bond acceptors (Lipinski definition) is 3. The number of nitrogens with zero attached hydrogens (tertiary/aromatic N) is 2. The second-order valence-corrected chi connectivity index (χ2v) is 5.55. The molecule has 2 aromatic carbocycles. The Morgan fingerprint density at radius 1 is 0.957 bits per heavy atom. The molecule has 0 saturated carbocycles. The van der Waals surface area contributed by atoms with E-state index in [0.717, 1.165) is 35.4 Å². The van der Waals surface area contributed by atoms with Crippen LogP contribution in [0.2, 0.25) is 0 Å². The Bertz CT molecular complexity index is 692.